The number of likely N-dealkylation sites (tertiary alicyclic amines) is 1. The van der Waals surface area contributed by atoms with E-state index in [0.717, 1.165) is 44.5 Å². The van der Waals surface area contributed by atoms with E-state index in [-0.39, 0.29) is 6.04 Å². The third-order valence-electron chi connectivity index (χ3n) is 3.80. The van der Waals surface area contributed by atoms with E-state index in [1.807, 2.05) is 0 Å². The fourth-order valence-corrected chi connectivity index (χ4v) is 2.88. The van der Waals surface area contributed by atoms with Crippen LogP contribution in [0.4, 0.5) is 0 Å². The zero-order valence-corrected chi connectivity index (χ0v) is 11.1. The Balaban J connectivity index is 1.83. The standard InChI is InChI=1S/C16H20NO2/c1-3-7-14(8-4-1)16(15-13-18-11-12-19-15)17-9-5-2-6-10-17/h1-3,7,11-13,16H,4-6,8-10H2. The molecule has 0 bridgehead atoms. The quantitative estimate of drug-likeness (QED) is 0.775. The highest BCUT2D eigenvalue weighted by molar-refractivity contribution is 5.30. The molecular weight excluding hydrogens is 238 g/mol. The van der Waals surface area contributed by atoms with E-state index in [2.05, 4.69) is 29.5 Å². The highest BCUT2D eigenvalue weighted by Crippen LogP contribution is 2.29. The average molecular weight is 258 g/mol. The van der Waals surface area contributed by atoms with Crippen LogP contribution in [0.2, 0.25) is 0 Å². The lowest BCUT2D eigenvalue weighted by atomic mass is 9.93. The van der Waals surface area contributed by atoms with E-state index < -0.39 is 0 Å². The zero-order valence-electron chi connectivity index (χ0n) is 11.1. The minimum absolute atomic E-state index is 0.226. The Morgan fingerprint density at radius 3 is 2.68 bits per heavy atom. The summed E-state index contributed by atoms with van der Waals surface area (Å²) in [6.45, 7) is 2.19. The van der Waals surface area contributed by atoms with Gasteiger partial charge in [-0.3, -0.25) is 4.90 Å². The van der Waals surface area contributed by atoms with E-state index in [9.17, 15) is 0 Å². The van der Waals surface area contributed by atoms with E-state index in [1.165, 1.54) is 5.57 Å². The summed E-state index contributed by atoms with van der Waals surface area (Å²) >= 11 is 0. The molecule has 0 amide bonds. The fourth-order valence-electron chi connectivity index (χ4n) is 2.88. The van der Waals surface area contributed by atoms with Crippen molar-refractivity contribution in [1.82, 2.24) is 4.90 Å². The van der Waals surface area contributed by atoms with Crippen molar-refractivity contribution in [3.63, 3.8) is 0 Å². The maximum atomic E-state index is 5.69. The van der Waals surface area contributed by atoms with E-state index >= 15 is 0 Å². The molecule has 1 fully saturated rings. The van der Waals surface area contributed by atoms with Gasteiger partial charge in [-0.25, -0.2) is 0 Å². The predicted octanol–water partition coefficient (Wildman–Crippen LogP) is 3.29. The molecule has 19 heavy (non-hydrogen) atoms. The topological polar surface area (TPSA) is 21.7 Å². The maximum Gasteiger partial charge on any atom is 0.160 e. The van der Waals surface area contributed by atoms with Gasteiger partial charge in [0.2, 0.25) is 0 Å². The first kappa shape index (κ1) is 12.5. The van der Waals surface area contributed by atoms with Crippen LogP contribution >= 0.6 is 0 Å². The van der Waals surface area contributed by atoms with Gasteiger partial charge < -0.3 is 9.47 Å². The highest BCUT2D eigenvalue weighted by Gasteiger charge is 2.29. The molecule has 0 spiro atoms. The Morgan fingerprint density at radius 1 is 1.11 bits per heavy atom. The van der Waals surface area contributed by atoms with Crippen LogP contribution in [0.1, 0.15) is 25.7 Å². The van der Waals surface area contributed by atoms with E-state index in [0.29, 0.717) is 0 Å². The van der Waals surface area contributed by atoms with Crippen LogP contribution in [0, 0.1) is 6.42 Å². The summed E-state index contributed by atoms with van der Waals surface area (Å²) in [6.07, 6.45) is 18.4. The molecule has 2 aliphatic heterocycles. The smallest absolute Gasteiger partial charge is 0.160 e. The van der Waals surface area contributed by atoms with Crippen LogP contribution in [0.15, 0.2) is 48.3 Å². The van der Waals surface area contributed by atoms with Gasteiger partial charge in [-0.05, 0) is 50.8 Å². The molecule has 1 saturated heterocycles. The number of nitrogens with zero attached hydrogens (tertiary/aromatic N) is 1. The van der Waals surface area contributed by atoms with Gasteiger partial charge in [-0.1, -0.05) is 18.2 Å². The Morgan fingerprint density at radius 2 is 2.00 bits per heavy atom. The second kappa shape index (κ2) is 6.11. The molecule has 0 N–H and O–H groups in total. The lowest BCUT2D eigenvalue weighted by molar-refractivity contribution is 0.151. The van der Waals surface area contributed by atoms with Crippen LogP contribution < -0.4 is 0 Å². The van der Waals surface area contributed by atoms with Crippen molar-refractivity contribution in [1.29, 1.82) is 0 Å². The summed E-state index contributed by atoms with van der Waals surface area (Å²) in [5.74, 6) is 0.908. The lowest BCUT2D eigenvalue weighted by Crippen LogP contribution is -2.42. The van der Waals surface area contributed by atoms with Gasteiger partial charge in [0.05, 0.1) is 6.04 Å². The second-order valence-electron chi connectivity index (χ2n) is 5.06. The molecule has 0 aromatic heterocycles. The third-order valence-corrected chi connectivity index (χ3v) is 3.80. The summed E-state index contributed by atoms with van der Waals surface area (Å²) in [7, 11) is 0. The van der Waals surface area contributed by atoms with Crippen molar-refractivity contribution < 1.29 is 9.47 Å². The molecule has 1 unspecified atom stereocenters. The largest absolute Gasteiger partial charge is 0.466 e. The van der Waals surface area contributed by atoms with Gasteiger partial charge in [0.15, 0.2) is 5.76 Å². The molecular formula is C16H20NO2. The molecule has 0 aromatic rings. The van der Waals surface area contributed by atoms with Gasteiger partial charge in [0, 0.05) is 0 Å². The molecule has 3 rings (SSSR count). The number of ether oxygens (including phenoxy) is 2. The van der Waals surface area contributed by atoms with Crippen molar-refractivity contribution in [2.45, 2.75) is 31.7 Å². The highest BCUT2D eigenvalue weighted by atomic mass is 16.5. The first-order valence-electron chi connectivity index (χ1n) is 7.03. The molecule has 3 aliphatic rings. The first-order valence-corrected chi connectivity index (χ1v) is 7.03. The summed E-state index contributed by atoms with van der Waals surface area (Å²) in [6, 6.07) is 0.226. The molecule has 101 valence electrons. The van der Waals surface area contributed by atoms with Gasteiger partial charge >= 0.3 is 0 Å². The Bertz CT molecular complexity index is 428. The molecule has 1 aliphatic carbocycles. The number of hydrogen-bond acceptors (Lipinski definition) is 3. The van der Waals surface area contributed by atoms with Gasteiger partial charge in [-0.15, -0.1) is 0 Å². The third kappa shape index (κ3) is 2.92. The zero-order chi connectivity index (χ0) is 12.9. The first-order chi connectivity index (χ1) is 9.45. The SMILES string of the molecule is [CH]1CCN(C(C2=CC=CCC2)C2=COC=CO2)CC1. The number of hydrogen-bond donors (Lipinski definition) is 0. The summed E-state index contributed by atoms with van der Waals surface area (Å²) < 4.78 is 11.0. The van der Waals surface area contributed by atoms with Crippen LogP contribution in [-0.4, -0.2) is 24.0 Å². The Hall–Kier alpha value is -1.48. The van der Waals surface area contributed by atoms with Gasteiger partial charge in [0.1, 0.15) is 18.8 Å². The van der Waals surface area contributed by atoms with Crippen molar-refractivity contribution in [2.75, 3.05) is 13.1 Å². The normalized spacial score (nSPS) is 25.1. The van der Waals surface area contributed by atoms with Crippen molar-refractivity contribution >= 4 is 0 Å². The Labute approximate surface area is 114 Å². The van der Waals surface area contributed by atoms with Crippen molar-refractivity contribution in [3.05, 3.63) is 54.8 Å². The monoisotopic (exact) mass is 258 g/mol. The minimum Gasteiger partial charge on any atom is -0.466 e. The molecule has 1 radical (unpaired) electrons. The maximum absolute atomic E-state index is 5.69. The van der Waals surface area contributed by atoms with Gasteiger partial charge in [-0.2, -0.15) is 0 Å². The fraction of sp³-hybridized carbons (Fsp3) is 0.438. The molecule has 2 heterocycles. The molecule has 3 nitrogen and oxygen atoms in total. The van der Waals surface area contributed by atoms with Crippen LogP contribution in [0.3, 0.4) is 0 Å². The van der Waals surface area contributed by atoms with Crippen molar-refractivity contribution in [2.24, 2.45) is 0 Å². The minimum atomic E-state index is 0.226. The molecule has 0 saturated carbocycles. The second-order valence-corrected chi connectivity index (χ2v) is 5.06. The summed E-state index contributed by atoms with van der Waals surface area (Å²) in [5, 5.41) is 0. The van der Waals surface area contributed by atoms with Gasteiger partial charge in [0.25, 0.3) is 0 Å². The number of piperidine rings is 1. The predicted molar refractivity (Wildman–Crippen MR) is 74.7 cm³/mol. The summed E-state index contributed by atoms with van der Waals surface area (Å²) in [4.78, 5) is 2.50. The number of allylic oxidation sites excluding steroid dienone is 3. The van der Waals surface area contributed by atoms with Crippen LogP contribution in [0.25, 0.3) is 0 Å². The molecule has 0 aromatic carbocycles. The van der Waals surface area contributed by atoms with Crippen LogP contribution in [-0.2, 0) is 9.47 Å². The van der Waals surface area contributed by atoms with E-state index in [4.69, 9.17) is 9.47 Å². The number of rotatable bonds is 3. The lowest BCUT2D eigenvalue weighted by Gasteiger charge is -2.37. The Kier molecular flexibility index (Phi) is 4.04. The van der Waals surface area contributed by atoms with E-state index in [1.54, 1.807) is 18.8 Å². The van der Waals surface area contributed by atoms with Crippen LogP contribution in [0.5, 0.6) is 0 Å². The molecule has 3 heteroatoms. The average Bonchev–Trinajstić information content (AvgIpc) is 2.51. The summed E-state index contributed by atoms with van der Waals surface area (Å²) in [5.41, 5.74) is 1.43. The molecule has 1 atom stereocenters. The van der Waals surface area contributed by atoms with Crippen molar-refractivity contribution in [3.8, 4) is 0 Å².